The number of benzene rings is 1. The first-order chi connectivity index (χ1) is 8.36. The van der Waals surface area contributed by atoms with Gasteiger partial charge in [0.15, 0.2) is 0 Å². The molecule has 2 nitrogen and oxygen atoms in total. The van der Waals surface area contributed by atoms with Crippen LogP contribution < -0.4 is 5.32 Å². The molecule has 2 atom stereocenters. The maximum Gasteiger partial charge on any atom is 0.0982 e. The van der Waals surface area contributed by atoms with Crippen LogP contribution in [0.4, 0.5) is 0 Å². The molecule has 0 radical (unpaired) electrons. The Balaban J connectivity index is 1.99. The Labute approximate surface area is 103 Å². The molecule has 1 saturated heterocycles. The van der Waals surface area contributed by atoms with Gasteiger partial charge < -0.3 is 10.1 Å². The highest BCUT2D eigenvalue weighted by Crippen LogP contribution is 2.34. The van der Waals surface area contributed by atoms with E-state index in [0.717, 1.165) is 19.6 Å². The van der Waals surface area contributed by atoms with E-state index >= 15 is 0 Å². The zero-order chi connectivity index (χ0) is 11.7. The minimum atomic E-state index is 0.274. The molecule has 1 unspecified atom stereocenters. The largest absolute Gasteiger partial charge is 0.372 e. The minimum Gasteiger partial charge on any atom is -0.372 e. The second-order valence-electron chi connectivity index (χ2n) is 5.25. The van der Waals surface area contributed by atoms with E-state index in [1.54, 1.807) is 0 Å². The van der Waals surface area contributed by atoms with Gasteiger partial charge in [-0.3, -0.25) is 0 Å². The second-order valence-corrected chi connectivity index (χ2v) is 5.25. The van der Waals surface area contributed by atoms with E-state index in [-0.39, 0.29) is 6.10 Å². The summed E-state index contributed by atoms with van der Waals surface area (Å²) in [4.78, 5) is 0. The van der Waals surface area contributed by atoms with Crippen molar-refractivity contribution >= 4 is 0 Å². The molecule has 1 aromatic carbocycles. The fourth-order valence-electron chi connectivity index (χ4n) is 3.21. The fraction of sp³-hybridized carbons (Fsp3) is 0.600. The first kappa shape index (κ1) is 11.2. The standard InChI is InChI=1S/C15H21NO/c1-11-5-2-6-12-7-4-10-17-15(14(11)12)13-8-3-9-16-13/h2,5-6,13,15-16H,3-4,7-10H2,1H3/t13?,15-/m1/s1. The molecular weight excluding hydrogens is 210 g/mol. The summed E-state index contributed by atoms with van der Waals surface area (Å²) in [5.74, 6) is 0. The Morgan fingerprint density at radius 3 is 3.06 bits per heavy atom. The third-order valence-electron chi connectivity index (χ3n) is 4.05. The first-order valence-corrected chi connectivity index (χ1v) is 6.79. The third kappa shape index (κ3) is 2.12. The second kappa shape index (κ2) is 4.79. The van der Waals surface area contributed by atoms with Gasteiger partial charge in [0, 0.05) is 12.6 Å². The van der Waals surface area contributed by atoms with E-state index in [9.17, 15) is 0 Å². The Hall–Kier alpha value is -0.860. The summed E-state index contributed by atoms with van der Waals surface area (Å²) in [6, 6.07) is 7.19. The first-order valence-electron chi connectivity index (χ1n) is 6.79. The number of nitrogens with one attached hydrogen (secondary N) is 1. The quantitative estimate of drug-likeness (QED) is 0.802. The molecule has 0 aliphatic carbocycles. The number of fused-ring (bicyclic) bond motifs is 1. The smallest absolute Gasteiger partial charge is 0.0982 e. The minimum absolute atomic E-state index is 0.274. The SMILES string of the molecule is Cc1cccc2c1[C@@H](C1CCCN1)OCCC2. The predicted octanol–water partition coefficient (Wildman–Crippen LogP) is 2.75. The van der Waals surface area contributed by atoms with E-state index in [0.29, 0.717) is 6.04 Å². The van der Waals surface area contributed by atoms with Crippen molar-refractivity contribution < 1.29 is 4.74 Å². The van der Waals surface area contributed by atoms with Crippen LogP contribution in [0.1, 0.15) is 42.1 Å². The zero-order valence-corrected chi connectivity index (χ0v) is 10.5. The fourth-order valence-corrected chi connectivity index (χ4v) is 3.21. The molecule has 2 heteroatoms. The van der Waals surface area contributed by atoms with Crippen molar-refractivity contribution in [3.05, 3.63) is 34.9 Å². The molecule has 2 aliphatic heterocycles. The summed E-state index contributed by atoms with van der Waals surface area (Å²) in [6.45, 7) is 4.26. The molecule has 2 aliphatic rings. The van der Waals surface area contributed by atoms with E-state index in [4.69, 9.17) is 4.74 Å². The third-order valence-corrected chi connectivity index (χ3v) is 4.05. The van der Waals surface area contributed by atoms with Crippen LogP contribution >= 0.6 is 0 Å². The van der Waals surface area contributed by atoms with Crippen LogP contribution in [0.2, 0.25) is 0 Å². The zero-order valence-electron chi connectivity index (χ0n) is 10.5. The summed E-state index contributed by atoms with van der Waals surface area (Å²) < 4.78 is 6.13. The molecular formula is C15H21NO. The molecule has 92 valence electrons. The van der Waals surface area contributed by atoms with Crippen molar-refractivity contribution in [2.75, 3.05) is 13.2 Å². The van der Waals surface area contributed by atoms with Gasteiger partial charge in [0.05, 0.1) is 6.10 Å². The molecule has 0 spiro atoms. The maximum atomic E-state index is 6.13. The van der Waals surface area contributed by atoms with Gasteiger partial charge in [0.25, 0.3) is 0 Å². The van der Waals surface area contributed by atoms with Crippen LogP contribution in [0.15, 0.2) is 18.2 Å². The Morgan fingerprint density at radius 1 is 1.29 bits per heavy atom. The summed E-state index contributed by atoms with van der Waals surface area (Å²) in [7, 11) is 0. The van der Waals surface area contributed by atoms with Crippen LogP contribution in [-0.4, -0.2) is 19.2 Å². The lowest BCUT2D eigenvalue weighted by Gasteiger charge is -2.26. The van der Waals surface area contributed by atoms with Crippen molar-refractivity contribution in [3.8, 4) is 0 Å². The van der Waals surface area contributed by atoms with Crippen molar-refractivity contribution in [2.24, 2.45) is 0 Å². The van der Waals surface area contributed by atoms with Gasteiger partial charge in [-0.05, 0) is 55.8 Å². The Kier molecular flexibility index (Phi) is 3.17. The number of ether oxygens (including phenoxy) is 1. The lowest BCUT2D eigenvalue weighted by atomic mass is 9.91. The number of hydrogen-bond acceptors (Lipinski definition) is 2. The molecule has 0 aromatic heterocycles. The summed E-state index contributed by atoms with van der Waals surface area (Å²) >= 11 is 0. The average Bonchev–Trinajstić information content (AvgIpc) is 2.76. The van der Waals surface area contributed by atoms with Crippen LogP contribution in [0.3, 0.4) is 0 Å². The van der Waals surface area contributed by atoms with Gasteiger partial charge in [-0.15, -0.1) is 0 Å². The van der Waals surface area contributed by atoms with E-state index in [2.05, 4.69) is 30.4 Å². The summed E-state index contributed by atoms with van der Waals surface area (Å²) in [5, 5.41) is 3.60. The Bertz CT molecular complexity index is 396. The van der Waals surface area contributed by atoms with Crippen molar-refractivity contribution in [1.82, 2.24) is 5.32 Å². The van der Waals surface area contributed by atoms with E-state index in [1.807, 2.05) is 0 Å². The number of aryl methyl sites for hydroxylation is 2. The van der Waals surface area contributed by atoms with E-state index < -0.39 is 0 Å². The van der Waals surface area contributed by atoms with Crippen molar-refractivity contribution in [3.63, 3.8) is 0 Å². The van der Waals surface area contributed by atoms with Gasteiger partial charge in [0.1, 0.15) is 0 Å². The molecule has 1 fully saturated rings. The van der Waals surface area contributed by atoms with E-state index in [1.165, 1.54) is 36.0 Å². The van der Waals surface area contributed by atoms with Crippen LogP contribution in [0, 0.1) is 6.92 Å². The highest BCUT2D eigenvalue weighted by atomic mass is 16.5. The summed E-state index contributed by atoms with van der Waals surface area (Å²) in [5.41, 5.74) is 4.36. The van der Waals surface area contributed by atoms with Gasteiger partial charge in [-0.1, -0.05) is 18.2 Å². The number of rotatable bonds is 1. The molecule has 17 heavy (non-hydrogen) atoms. The molecule has 0 amide bonds. The van der Waals surface area contributed by atoms with Gasteiger partial charge in [-0.25, -0.2) is 0 Å². The molecule has 1 aromatic rings. The summed E-state index contributed by atoms with van der Waals surface area (Å²) in [6.07, 6.45) is 5.13. The Morgan fingerprint density at radius 2 is 2.24 bits per heavy atom. The molecule has 1 N–H and O–H groups in total. The molecule has 3 rings (SSSR count). The molecule has 0 saturated carbocycles. The lowest BCUT2D eigenvalue weighted by Crippen LogP contribution is -2.31. The predicted molar refractivity (Wildman–Crippen MR) is 69.2 cm³/mol. The highest BCUT2D eigenvalue weighted by Gasteiger charge is 2.30. The normalized spacial score (nSPS) is 28.8. The van der Waals surface area contributed by atoms with Gasteiger partial charge in [0.2, 0.25) is 0 Å². The lowest BCUT2D eigenvalue weighted by molar-refractivity contribution is 0.0330. The van der Waals surface area contributed by atoms with Crippen molar-refractivity contribution in [2.45, 2.75) is 44.8 Å². The molecule has 0 bridgehead atoms. The van der Waals surface area contributed by atoms with Crippen LogP contribution in [0.5, 0.6) is 0 Å². The van der Waals surface area contributed by atoms with Gasteiger partial charge in [-0.2, -0.15) is 0 Å². The van der Waals surface area contributed by atoms with Crippen LogP contribution in [0.25, 0.3) is 0 Å². The topological polar surface area (TPSA) is 21.3 Å². The number of hydrogen-bond donors (Lipinski definition) is 1. The monoisotopic (exact) mass is 231 g/mol. The van der Waals surface area contributed by atoms with Crippen molar-refractivity contribution in [1.29, 1.82) is 0 Å². The van der Waals surface area contributed by atoms with Crippen LogP contribution in [-0.2, 0) is 11.2 Å². The highest BCUT2D eigenvalue weighted by molar-refractivity contribution is 5.38. The van der Waals surface area contributed by atoms with Gasteiger partial charge >= 0.3 is 0 Å². The maximum absolute atomic E-state index is 6.13. The average molecular weight is 231 g/mol. The molecule has 2 heterocycles.